The molecule has 0 aliphatic rings. The maximum absolute atomic E-state index is 12.9. The van der Waals surface area contributed by atoms with Crippen molar-refractivity contribution in [1.82, 2.24) is 15.2 Å². The van der Waals surface area contributed by atoms with E-state index in [9.17, 15) is 14.0 Å². The van der Waals surface area contributed by atoms with Crippen LogP contribution in [0.1, 0.15) is 21.0 Å². The van der Waals surface area contributed by atoms with Crippen LogP contribution in [-0.4, -0.2) is 27.0 Å². The summed E-state index contributed by atoms with van der Waals surface area (Å²) >= 11 is 0. The lowest BCUT2D eigenvalue weighted by molar-refractivity contribution is 0.102. The van der Waals surface area contributed by atoms with Crippen LogP contribution in [0.3, 0.4) is 0 Å². The molecule has 0 aliphatic carbocycles. The first-order valence-corrected chi connectivity index (χ1v) is 6.96. The summed E-state index contributed by atoms with van der Waals surface area (Å²) in [6.07, 6.45) is 2.88. The number of aromatic amines is 1. The number of hydrogen-bond acceptors (Lipinski definition) is 4. The summed E-state index contributed by atoms with van der Waals surface area (Å²) in [4.78, 5) is 28.3. The number of benzene rings is 1. The molecule has 0 radical (unpaired) electrons. The Morgan fingerprint density at radius 3 is 2.50 bits per heavy atom. The average Bonchev–Trinajstić information content (AvgIpc) is 3.06. The van der Waals surface area contributed by atoms with E-state index in [1.807, 2.05) is 0 Å². The number of halogens is 1. The number of nitrogens with one attached hydrogen (secondary N) is 3. The molecule has 0 fully saturated rings. The molecule has 0 saturated carbocycles. The van der Waals surface area contributed by atoms with Gasteiger partial charge in [0.2, 0.25) is 0 Å². The van der Waals surface area contributed by atoms with E-state index in [0.29, 0.717) is 5.69 Å². The molecule has 0 bridgehead atoms. The molecule has 3 N–H and O–H groups in total. The summed E-state index contributed by atoms with van der Waals surface area (Å²) in [5, 5.41) is 11.5. The van der Waals surface area contributed by atoms with Crippen molar-refractivity contribution in [2.24, 2.45) is 0 Å². The lowest BCUT2D eigenvalue weighted by Gasteiger charge is -2.06. The third-order valence-electron chi connectivity index (χ3n) is 3.10. The quantitative estimate of drug-likeness (QED) is 0.686. The van der Waals surface area contributed by atoms with E-state index in [0.717, 1.165) is 0 Å². The Hall–Kier alpha value is -3.55. The van der Waals surface area contributed by atoms with Crippen LogP contribution in [0.2, 0.25) is 0 Å². The van der Waals surface area contributed by atoms with Gasteiger partial charge in [-0.05, 0) is 36.4 Å². The van der Waals surface area contributed by atoms with Crippen LogP contribution < -0.4 is 10.6 Å². The number of carbonyl (C=O) groups is 2. The summed E-state index contributed by atoms with van der Waals surface area (Å²) in [5.74, 6) is -1.41. The first-order chi connectivity index (χ1) is 11.6. The van der Waals surface area contributed by atoms with Gasteiger partial charge in [-0.25, -0.2) is 4.39 Å². The van der Waals surface area contributed by atoms with Gasteiger partial charge in [0.15, 0.2) is 5.69 Å². The highest BCUT2D eigenvalue weighted by Crippen LogP contribution is 2.16. The van der Waals surface area contributed by atoms with Gasteiger partial charge in [0, 0.05) is 18.1 Å². The maximum atomic E-state index is 12.9. The van der Waals surface area contributed by atoms with Gasteiger partial charge < -0.3 is 10.6 Å². The predicted molar refractivity (Wildman–Crippen MR) is 85.1 cm³/mol. The first-order valence-electron chi connectivity index (χ1n) is 6.96. The fourth-order valence-electron chi connectivity index (χ4n) is 1.97. The van der Waals surface area contributed by atoms with E-state index in [1.165, 1.54) is 36.7 Å². The molecule has 0 atom stereocenters. The largest absolute Gasteiger partial charge is 0.321 e. The second kappa shape index (κ2) is 6.69. The molecule has 3 rings (SSSR count). The van der Waals surface area contributed by atoms with Gasteiger partial charge in [-0.15, -0.1) is 0 Å². The summed E-state index contributed by atoms with van der Waals surface area (Å²) in [5.41, 5.74) is 0.837. The molecule has 24 heavy (non-hydrogen) atoms. The van der Waals surface area contributed by atoms with Gasteiger partial charge in [0.1, 0.15) is 11.5 Å². The SMILES string of the molecule is O=C(Nc1c[nH]nc1C(=O)Nc1ccc(F)cc1)c1ccccn1. The molecule has 2 amide bonds. The zero-order chi connectivity index (χ0) is 16.9. The van der Waals surface area contributed by atoms with Gasteiger partial charge in [0.25, 0.3) is 11.8 Å². The Balaban J connectivity index is 1.74. The molecule has 1 aromatic carbocycles. The highest BCUT2D eigenvalue weighted by atomic mass is 19.1. The van der Waals surface area contributed by atoms with E-state index in [1.54, 1.807) is 18.2 Å². The lowest BCUT2D eigenvalue weighted by Crippen LogP contribution is -2.18. The molecule has 7 nitrogen and oxygen atoms in total. The van der Waals surface area contributed by atoms with E-state index >= 15 is 0 Å². The molecule has 8 heteroatoms. The Morgan fingerprint density at radius 1 is 1.00 bits per heavy atom. The molecule has 0 saturated heterocycles. The molecule has 120 valence electrons. The van der Waals surface area contributed by atoms with Gasteiger partial charge in [0.05, 0.1) is 5.69 Å². The van der Waals surface area contributed by atoms with Crippen molar-refractivity contribution < 1.29 is 14.0 Å². The van der Waals surface area contributed by atoms with Crippen molar-refractivity contribution in [1.29, 1.82) is 0 Å². The van der Waals surface area contributed by atoms with Crippen molar-refractivity contribution in [3.63, 3.8) is 0 Å². The minimum Gasteiger partial charge on any atom is -0.321 e. The molecule has 0 spiro atoms. The average molecular weight is 325 g/mol. The molecule has 2 aromatic heterocycles. The number of aromatic nitrogens is 3. The Labute approximate surface area is 135 Å². The smallest absolute Gasteiger partial charge is 0.278 e. The van der Waals surface area contributed by atoms with Crippen LogP contribution in [0.5, 0.6) is 0 Å². The summed E-state index contributed by atoms with van der Waals surface area (Å²) in [6.45, 7) is 0. The number of anilines is 2. The van der Waals surface area contributed by atoms with E-state index in [-0.39, 0.29) is 17.1 Å². The highest BCUT2D eigenvalue weighted by Gasteiger charge is 2.18. The normalized spacial score (nSPS) is 10.2. The Morgan fingerprint density at radius 2 is 1.79 bits per heavy atom. The molecule has 3 aromatic rings. The van der Waals surface area contributed by atoms with Gasteiger partial charge in [-0.2, -0.15) is 5.10 Å². The Bertz CT molecular complexity index is 862. The molecular formula is C16H12FN5O2. The standard InChI is InChI=1S/C16H12FN5O2/c17-10-4-6-11(7-5-10)20-16(24)14-13(9-19-22-14)21-15(23)12-3-1-2-8-18-12/h1-9H,(H,19,22)(H,20,24)(H,21,23). The monoisotopic (exact) mass is 325 g/mol. The van der Waals surface area contributed by atoms with Crippen LogP contribution in [0.4, 0.5) is 15.8 Å². The first kappa shape index (κ1) is 15.3. The fourth-order valence-corrected chi connectivity index (χ4v) is 1.97. The number of H-pyrrole nitrogens is 1. The minimum atomic E-state index is -0.542. The number of hydrogen-bond donors (Lipinski definition) is 3. The number of carbonyl (C=O) groups excluding carboxylic acids is 2. The van der Waals surface area contributed by atoms with Crippen molar-refractivity contribution in [2.45, 2.75) is 0 Å². The van der Waals surface area contributed by atoms with Crippen molar-refractivity contribution in [3.8, 4) is 0 Å². The van der Waals surface area contributed by atoms with Crippen molar-refractivity contribution in [2.75, 3.05) is 10.6 Å². The third-order valence-corrected chi connectivity index (χ3v) is 3.10. The topological polar surface area (TPSA) is 99.8 Å². The minimum absolute atomic E-state index is 0.00334. The summed E-state index contributed by atoms with van der Waals surface area (Å²) in [6, 6.07) is 10.2. The van der Waals surface area contributed by atoms with Crippen LogP contribution >= 0.6 is 0 Å². The number of amides is 2. The second-order valence-corrected chi connectivity index (χ2v) is 4.78. The van der Waals surface area contributed by atoms with E-state index < -0.39 is 17.6 Å². The molecule has 2 heterocycles. The van der Waals surface area contributed by atoms with Gasteiger partial charge in [-0.3, -0.25) is 19.7 Å². The van der Waals surface area contributed by atoms with Gasteiger partial charge >= 0.3 is 0 Å². The van der Waals surface area contributed by atoms with Crippen molar-refractivity contribution >= 4 is 23.2 Å². The number of pyridine rings is 1. The molecule has 0 aliphatic heterocycles. The number of nitrogens with zero attached hydrogens (tertiary/aromatic N) is 2. The zero-order valence-corrected chi connectivity index (χ0v) is 12.3. The Kier molecular flexibility index (Phi) is 4.28. The lowest BCUT2D eigenvalue weighted by atomic mass is 10.2. The molecular weight excluding hydrogens is 313 g/mol. The second-order valence-electron chi connectivity index (χ2n) is 4.78. The third kappa shape index (κ3) is 3.43. The maximum Gasteiger partial charge on any atom is 0.278 e. The van der Waals surface area contributed by atoms with Crippen molar-refractivity contribution in [3.05, 3.63) is 72.1 Å². The molecule has 0 unspecified atom stereocenters. The van der Waals surface area contributed by atoms with E-state index in [2.05, 4.69) is 25.8 Å². The zero-order valence-electron chi connectivity index (χ0n) is 12.3. The van der Waals surface area contributed by atoms with E-state index in [4.69, 9.17) is 0 Å². The summed E-state index contributed by atoms with van der Waals surface area (Å²) in [7, 11) is 0. The number of rotatable bonds is 4. The van der Waals surface area contributed by atoms with Crippen LogP contribution in [0.25, 0.3) is 0 Å². The predicted octanol–water partition coefficient (Wildman–Crippen LogP) is 2.45. The van der Waals surface area contributed by atoms with Crippen LogP contribution in [0.15, 0.2) is 54.9 Å². The van der Waals surface area contributed by atoms with Crippen LogP contribution in [0, 0.1) is 5.82 Å². The van der Waals surface area contributed by atoms with Crippen LogP contribution in [-0.2, 0) is 0 Å². The van der Waals surface area contributed by atoms with Gasteiger partial charge in [-0.1, -0.05) is 6.07 Å². The summed E-state index contributed by atoms with van der Waals surface area (Å²) < 4.78 is 12.9. The fraction of sp³-hybridized carbons (Fsp3) is 0. The highest BCUT2D eigenvalue weighted by molar-refractivity contribution is 6.10.